The summed E-state index contributed by atoms with van der Waals surface area (Å²) in [6, 6.07) is 3.85. The lowest BCUT2D eigenvalue weighted by molar-refractivity contribution is -0.138. The summed E-state index contributed by atoms with van der Waals surface area (Å²) >= 11 is 12.2. The zero-order valence-electron chi connectivity index (χ0n) is 19.9. The van der Waals surface area contributed by atoms with Gasteiger partial charge in [0.25, 0.3) is 11.8 Å². The number of benzene rings is 1. The second kappa shape index (κ2) is 12.2. The van der Waals surface area contributed by atoms with Gasteiger partial charge in [0, 0.05) is 19.1 Å². The van der Waals surface area contributed by atoms with Gasteiger partial charge in [-0.05, 0) is 30.9 Å². The third-order valence-corrected chi connectivity index (χ3v) is 6.51. The monoisotopic (exact) mass is 537 g/mol. The van der Waals surface area contributed by atoms with Gasteiger partial charge >= 0.3 is 0 Å². The molecular weight excluding hydrogens is 509 g/mol. The highest BCUT2D eigenvalue weighted by Crippen LogP contribution is 2.26. The Labute approximate surface area is 218 Å². The maximum absolute atomic E-state index is 12.9. The Balaban J connectivity index is 1.58. The molecule has 1 fully saturated rings. The van der Waals surface area contributed by atoms with E-state index in [-0.39, 0.29) is 57.3 Å². The number of anilines is 1. The largest absolute Gasteiger partial charge is 0.348 e. The lowest BCUT2D eigenvalue weighted by Crippen LogP contribution is -2.55. The Morgan fingerprint density at radius 3 is 2.36 bits per heavy atom. The van der Waals surface area contributed by atoms with E-state index in [4.69, 9.17) is 28.9 Å². The van der Waals surface area contributed by atoms with Crippen molar-refractivity contribution in [2.75, 3.05) is 25.0 Å². The number of aromatic nitrogens is 2. The molecule has 1 aromatic heterocycles. The summed E-state index contributed by atoms with van der Waals surface area (Å²) in [4.78, 5) is 51.9. The number of nitrogens with two attached hydrogens (primary N) is 1. The van der Waals surface area contributed by atoms with Gasteiger partial charge in [-0.25, -0.2) is 0 Å². The van der Waals surface area contributed by atoms with Crippen LogP contribution >= 0.6 is 23.2 Å². The molecule has 11 nitrogen and oxygen atoms in total. The number of amides is 4. The molecule has 1 aliphatic rings. The summed E-state index contributed by atoms with van der Waals surface area (Å²) < 4.78 is 0. The van der Waals surface area contributed by atoms with E-state index in [2.05, 4.69) is 26.1 Å². The number of rotatable bonds is 8. The third kappa shape index (κ3) is 6.54. The van der Waals surface area contributed by atoms with Crippen molar-refractivity contribution in [2.24, 2.45) is 11.7 Å². The molecule has 6 N–H and O–H groups in total. The van der Waals surface area contributed by atoms with Crippen LogP contribution in [-0.2, 0) is 9.59 Å². The van der Waals surface area contributed by atoms with Crippen molar-refractivity contribution in [3.63, 3.8) is 0 Å². The average Bonchev–Trinajstić information content (AvgIpc) is 3.30. The molecule has 1 aliphatic heterocycles. The minimum absolute atomic E-state index is 0.0781. The van der Waals surface area contributed by atoms with Gasteiger partial charge in [0.1, 0.15) is 11.7 Å². The number of piperidine rings is 1. The molecular formula is C23H29Cl2N7O4. The van der Waals surface area contributed by atoms with E-state index in [0.717, 1.165) is 0 Å². The van der Waals surface area contributed by atoms with Gasteiger partial charge in [0.05, 0.1) is 34.0 Å². The lowest BCUT2D eigenvalue weighted by Gasteiger charge is -2.35. The number of nitrogens with zero attached hydrogens (tertiary/aromatic N) is 2. The van der Waals surface area contributed by atoms with E-state index in [0.29, 0.717) is 25.9 Å². The van der Waals surface area contributed by atoms with Crippen LogP contribution in [0, 0.1) is 5.92 Å². The molecule has 0 radical (unpaired) electrons. The van der Waals surface area contributed by atoms with Crippen molar-refractivity contribution < 1.29 is 19.2 Å². The van der Waals surface area contributed by atoms with E-state index in [9.17, 15) is 19.2 Å². The topological polar surface area (TPSA) is 162 Å². The van der Waals surface area contributed by atoms with E-state index < -0.39 is 17.9 Å². The molecule has 194 valence electrons. The predicted octanol–water partition coefficient (Wildman–Crippen LogP) is 1.79. The SMILES string of the molecule is CC(C)C(NC(=O)CN)C(=O)N1CCC(NC(=O)c2[nH]ncc2NC(=O)c2c(Cl)cccc2Cl)CC1. The van der Waals surface area contributed by atoms with Crippen LogP contribution in [0.2, 0.25) is 10.0 Å². The number of hydrogen-bond acceptors (Lipinski definition) is 6. The van der Waals surface area contributed by atoms with E-state index in [1.165, 1.54) is 18.3 Å². The Morgan fingerprint density at radius 1 is 1.14 bits per heavy atom. The number of aromatic amines is 1. The fraction of sp³-hybridized carbons (Fsp3) is 0.435. The Bertz CT molecular complexity index is 1110. The summed E-state index contributed by atoms with van der Waals surface area (Å²) in [5, 5.41) is 15.0. The molecule has 0 spiro atoms. The molecule has 0 aliphatic carbocycles. The summed E-state index contributed by atoms with van der Waals surface area (Å²) in [5.74, 6) is -1.68. The van der Waals surface area contributed by atoms with Crippen molar-refractivity contribution in [1.82, 2.24) is 25.7 Å². The van der Waals surface area contributed by atoms with Crippen molar-refractivity contribution in [3.8, 4) is 0 Å². The van der Waals surface area contributed by atoms with Crippen LogP contribution in [0.3, 0.4) is 0 Å². The minimum atomic E-state index is -0.657. The van der Waals surface area contributed by atoms with Crippen LogP contribution < -0.4 is 21.7 Å². The van der Waals surface area contributed by atoms with Crippen molar-refractivity contribution >= 4 is 52.5 Å². The molecule has 1 unspecified atom stereocenters. The normalized spacial score (nSPS) is 14.9. The molecule has 1 aromatic carbocycles. The highest BCUT2D eigenvalue weighted by atomic mass is 35.5. The van der Waals surface area contributed by atoms with Crippen LogP contribution in [0.15, 0.2) is 24.4 Å². The second-order valence-corrected chi connectivity index (χ2v) is 9.59. The number of nitrogens with one attached hydrogen (secondary N) is 4. The summed E-state index contributed by atoms with van der Waals surface area (Å²) in [6.45, 7) is 4.36. The zero-order valence-corrected chi connectivity index (χ0v) is 21.4. The van der Waals surface area contributed by atoms with Crippen molar-refractivity contribution in [2.45, 2.75) is 38.8 Å². The number of hydrogen-bond donors (Lipinski definition) is 5. The van der Waals surface area contributed by atoms with Crippen LogP contribution in [-0.4, -0.2) is 70.4 Å². The van der Waals surface area contributed by atoms with Gasteiger partial charge in [-0.1, -0.05) is 43.1 Å². The molecule has 3 rings (SSSR count). The van der Waals surface area contributed by atoms with Crippen molar-refractivity contribution in [3.05, 3.63) is 45.7 Å². The summed E-state index contributed by atoms with van der Waals surface area (Å²) in [7, 11) is 0. The second-order valence-electron chi connectivity index (χ2n) is 8.78. The fourth-order valence-electron chi connectivity index (χ4n) is 3.90. The van der Waals surface area contributed by atoms with Gasteiger partial charge < -0.3 is 26.6 Å². The summed E-state index contributed by atoms with van der Waals surface area (Å²) in [6.07, 6.45) is 2.37. The number of likely N-dealkylation sites (tertiary alicyclic amines) is 1. The molecule has 0 bridgehead atoms. The molecule has 36 heavy (non-hydrogen) atoms. The highest BCUT2D eigenvalue weighted by Gasteiger charge is 2.32. The molecule has 1 saturated heterocycles. The first-order valence-corrected chi connectivity index (χ1v) is 12.3. The standard InChI is InChI=1S/C23H29Cl2N7O4/c1-12(2)19(30-17(33)10-26)23(36)32-8-6-13(7-9-32)28-22(35)20-16(11-27-31-20)29-21(34)18-14(24)4-3-5-15(18)25/h3-5,11-13,19H,6-10,26H2,1-2H3,(H,27,31)(H,28,35)(H,29,34)(H,30,33). The molecule has 13 heteroatoms. The van der Waals surface area contributed by atoms with Crippen molar-refractivity contribution in [1.29, 1.82) is 0 Å². The van der Waals surface area contributed by atoms with Gasteiger partial charge in [-0.15, -0.1) is 0 Å². The van der Waals surface area contributed by atoms with Crippen LogP contribution in [0.5, 0.6) is 0 Å². The first-order chi connectivity index (χ1) is 17.1. The molecule has 0 saturated carbocycles. The van der Waals surface area contributed by atoms with Crippen LogP contribution in [0.25, 0.3) is 0 Å². The Hall–Kier alpha value is -3.15. The Kier molecular flexibility index (Phi) is 9.30. The maximum atomic E-state index is 12.9. The summed E-state index contributed by atoms with van der Waals surface area (Å²) in [5.41, 5.74) is 5.71. The quantitative estimate of drug-likeness (QED) is 0.344. The molecule has 4 amide bonds. The fourth-order valence-corrected chi connectivity index (χ4v) is 4.47. The highest BCUT2D eigenvalue weighted by molar-refractivity contribution is 6.40. The predicted molar refractivity (Wildman–Crippen MR) is 136 cm³/mol. The van der Waals surface area contributed by atoms with Gasteiger partial charge in [-0.3, -0.25) is 24.3 Å². The smallest absolute Gasteiger partial charge is 0.271 e. The zero-order chi connectivity index (χ0) is 26.4. The number of carbonyl (C=O) groups is 4. The average molecular weight is 538 g/mol. The Morgan fingerprint density at radius 2 is 1.78 bits per heavy atom. The number of H-pyrrole nitrogens is 1. The van der Waals surface area contributed by atoms with E-state index >= 15 is 0 Å². The van der Waals surface area contributed by atoms with Crippen LogP contribution in [0.1, 0.15) is 47.5 Å². The first-order valence-electron chi connectivity index (χ1n) is 11.5. The van der Waals surface area contributed by atoms with E-state index in [1.54, 1.807) is 11.0 Å². The van der Waals surface area contributed by atoms with Gasteiger partial charge in [0.2, 0.25) is 11.8 Å². The van der Waals surface area contributed by atoms with Gasteiger partial charge in [0.15, 0.2) is 0 Å². The third-order valence-electron chi connectivity index (χ3n) is 5.88. The van der Waals surface area contributed by atoms with Crippen LogP contribution in [0.4, 0.5) is 5.69 Å². The maximum Gasteiger partial charge on any atom is 0.271 e. The van der Waals surface area contributed by atoms with E-state index in [1.807, 2.05) is 13.8 Å². The van der Waals surface area contributed by atoms with Gasteiger partial charge in [-0.2, -0.15) is 5.10 Å². The molecule has 2 aromatic rings. The lowest BCUT2D eigenvalue weighted by atomic mass is 9.99. The minimum Gasteiger partial charge on any atom is -0.348 e. The number of halogens is 2. The molecule has 1 atom stereocenters. The first kappa shape index (κ1) is 27.4. The number of carbonyl (C=O) groups excluding carboxylic acids is 4. The molecule has 2 heterocycles.